The predicted octanol–water partition coefficient (Wildman–Crippen LogP) is 11.6. The Morgan fingerprint density at radius 2 is 1.35 bits per heavy atom. The molecule has 218 valence electrons. The largest absolute Gasteiger partial charge is 0.455 e. The Morgan fingerprint density at radius 1 is 0.587 bits per heavy atom. The molecule has 0 N–H and O–H groups in total. The SMILES string of the molecule is C1=CC2C=CC=C(c3ccccc3N(c3ccc(-c4ccccc4)cc3)c3ccc4c(c3)oc3c5cccnc5ccc43)C2C=C1. The number of hydrogen-bond acceptors (Lipinski definition) is 3. The van der Waals surface area contributed by atoms with Gasteiger partial charge >= 0.3 is 0 Å². The van der Waals surface area contributed by atoms with E-state index in [2.05, 4.69) is 168 Å². The normalized spacial score (nSPS) is 17.0. The van der Waals surface area contributed by atoms with Crippen LogP contribution < -0.4 is 4.90 Å². The Morgan fingerprint density at radius 3 is 2.26 bits per heavy atom. The van der Waals surface area contributed by atoms with Crippen LogP contribution in [0, 0.1) is 11.8 Å². The van der Waals surface area contributed by atoms with E-state index in [1.807, 2.05) is 12.3 Å². The Hall–Kier alpha value is -5.93. The summed E-state index contributed by atoms with van der Waals surface area (Å²) in [6.45, 7) is 0. The topological polar surface area (TPSA) is 29.3 Å². The highest BCUT2D eigenvalue weighted by Gasteiger charge is 2.27. The number of anilines is 3. The fourth-order valence-corrected chi connectivity index (χ4v) is 7.08. The van der Waals surface area contributed by atoms with Gasteiger partial charge in [0, 0.05) is 57.2 Å². The molecule has 2 atom stereocenters. The van der Waals surface area contributed by atoms with Gasteiger partial charge in [-0.15, -0.1) is 0 Å². The van der Waals surface area contributed by atoms with E-state index in [0.29, 0.717) is 11.8 Å². The summed E-state index contributed by atoms with van der Waals surface area (Å²) in [6, 6.07) is 43.0. The lowest BCUT2D eigenvalue weighted by Crippen LogP contribution is -2.18. The van der Waals surface area contributed by atoms with Crippen molar-refractivity contribution in [1.29, 1.82) is 0 Å². The Bertz CT molecular complexity index is 2370. The number of aromatic nitrogens is 1. The summed E-state index contributed by atoms with van der Waals surface area (Å²) in [5, 5.41) is 3.22. The van der Waals surface area contributed by atoms with E-state index in [1.165, 1.54) is 22.3 Å². The first-order valence-corrected chi connectivity index (χ1v) is 15.8. The average molecular weight is 591 g/mol. The number of benzene rings is 5. The molecule has 0 saturated heterocycles. The van der Waals surface area contributed by atoms with Crippen molar-refractivity contribution in [3.05, 3.63) is 176 Å². The van der Waals surface area contributed by atoms with Crippen molar-refractivity contribution in [2.24, 2.45) is 11.8 Å². The maximum absolute atomic E-state index is 6.62. The van der Waals surface area contributed by atoms with E-state index in [0.717, 1.165) is 49.9 Å². The molecule has 5 aromatic carbocycles. The number of para-hydroxylation sites is 1. The second-order valence-electron chi connectivity index (χ2n) is 11.9. The van der Waals surface area contributed by atoms with Gasteiger partial charge in [0.15, 0.2) is 0 Å². The maximum atomic E-state index is 6.62. The monoisotopic (exact) mass is 590 g/mol. The smallest absolute Gasteiger partial charge is 0.144 e. The van der Waals surface area contributed by atoms with Crippen LogP contribution in [0.5, 0.6) is 0 Å². The first-order valence-electron chi connectivity index (χ1n) is 15.8. The molecule has 0 bridgehead atoms. The minimum Gasteiger partial charge on any atom is -0.455 e. The highest BCUT2D eigenvalue weighted by molar-refractivity contribution is 6.14. The van der Waals surface area contributed by atoms with Crippen molar-refractivity contribution in [1.82, 2.24) is 4.98 Å². The molecule has 2 aromatic heterocycles. The van der Waals surface area contributed by atoms with Crippen molar-refractivity contribution >= 4 is 55.5 Å². The van der Waals surface area contributed by atoms with E-state index in [1.54, 1.807) is 0 Å². The zero-order valence-electron chi connectivity index (χ0n) is 25.1. The van der Waals surface area contributed by atoms with Gasteiger partial charge in [0.2, 0.25) is 0 Å². The molecule has 0 aliphatic heterocycles. The standard InChI is InChI=1S/C43H30N2O/c1-2-10-29(11-3-1)30-19-21-32(22-20-30)45(41-18-7-6-15-36(41)35-16-8-13-31-12-4-5-14-34(31)35)33-23-24-37-38-25-26-40-39(17-9-27-44-40)43(38)46-42(37)28-33/h1-28,31,34H. The number of rotatable bonds is 5. The summed E-state index contributed by atoms with van der Waals surface area (Å²) in [5.41, 5.74) is 10.8. The first kappa shape index (κ1) is 26.5. The molecule has 9 rings (SSSR count). The molecule has 2 aliphatic carbocycles. The molecule has 3 nitrogen and oxygen atoms in total. The minimum atomic E-state index is 0.290. The molecule has 3 heteroatoms. The molecule has 7 aromatic rings. The fourth-order valence-electron chi connectivity index (χ4n) is 7.08. The van der Waals surface area contributed by atoms with Crippen LogP contribution in [0.3, 0.4) is 0 Å². The minimum absolute atomic E-state index is 0.290. The lowest BCUT2D eigenvalue weighted by atomic mass is 9.76. The van der Waals surface area contributed by atoms with Crippen LogP contribution in [0.4, 0.5) is 17.1 Å². The zero-order chi connectivity index (χ0) is 30.5. The van der Waals surface area contributed by atoms with Gasteiger partial charge in [-0.1, -0.05) is 103 Å². The van der Waals surface area contributed by atoms with E-state index in [4.69, 9.17) is 4.42 Å². The van der Waals surface area contributed by atoms with E-state index < -0.39 is 0 Å². The number of furan rings is 1. The molecular formula is C43H30N2O. The molecule has 2 unspecified atom stereocenters. The predicted molar refractivity (Wildman–Crippen MR) is 192 cm³/mol. The van der Waals surface area contributed by atoms with Crippen molar-refractivity contribution in [3.8, 4) is 11.1 Å². The highest BCUT2D eigenvalue weighted by Crippen LogP contribution is 2.46. The third kappa shape index (κ3) is 4.40. The highest BCUT2D eigenvalue weighted by atomic mass is 16.3. The average Bonchev–Trinajstić information content (AvgIpc) is 3.51. The lowest BCUT2D eigenvalue weighted by molar-refractivity contribution is 0.672. The van der Waals surface area contributed by atoms with Crippen molar-refractivity contribution in [2.45, 2.75) is 0 Å². The summed E-state index contributed by atoms with van der Waals surface area (Å²) >= 11 is 0. The number of nitrogens with zero attached hydrogens (tertiary/aromatic N) is 2. The van der Waals surface area contributed by atoms with Crippen LogP contribution in [-0.4, -0.2) is 4.98 Å². The maximum Gasteiger partial charge on any atom is 0.144 e. The number of fused-ring (bicyclic) bond motifs is 6. The summed E-state index contributed by atoms with van der Waals surface area (Å²) < 4.78 is 6.62. The van der Waals surface area contributed by atoms with Gasteiger partial charge < -0.3 is 9.32 Å². The third-order valence-electron chi connectivity index (χ3n) is 9.30. The number of allylic oxidation sites excluding steroid dienone is 8. The van der Waals surface area contributed by atoms with Crippen LogP contribution in [0.15, 0.2) is 174 Å². The van der Waals surface area contributed by atoms with Crippen LogP contribution >= 0.6 is 0 Å². The van der Waals surface area contributed by atoms with Gasteiger partial charge in [-0.25, -0.2) is 0 Å². The van der Waals surface area contributed by atoms with Crippen molar-refractivity contribution < 1.29 is 4.42 Å². The molecule has 46 heavy (non-hydrogen) atoms. The van der Waals surface area contributed by atoms with Gasteiger partial charge in [-0.2, -0.15) is 0 Å². The third-order valence-corrected chi connectivity index (χ3v) is 9.30. The van der Waals surface area contributed by atoms with Crippen LogP contribution in [0.2, 0.25) is 0 Å². The molecule has 0 fully saturated rings. The zero-order valence-corrected chi connectivity index (χ0v) is 25.1. The molecular weight excluding hydrogens is 560 g/mol. The first-order chi connectivity index (χ1) is 22.8. The molecule has 0 spiro atoms. The summed E-state index contributed by atoms with van der Waals surface area (Å²) in [7, 11) is 0. The molecule has 0 radical (unpaired) electrons. The molecule has 2 heterocycles. The van der Waals surface area contributed by atoms with Crippen molar-refractivity contribution in [3.63, 3.8) is 0 Å². The molecule has 0 saturated carbocycles. The summed E-state index contributed by atoms with van der Waals surface area (Å²) in [4.78, 5) is 6.92. The van der Waals surface area contributed by atoms with Gasteiger partial charge in [-0.3, -0.25) is 4.98 Å². The van der Waals surface area contributed by atoms with Gasteiger partial charge in [0.1, 0.15) is 11.2 Å². The Kier molecular flexibility index (Phi) is 6.27. The Labute approximate surface area is 267 Å². The van der Waals surface area contributed by atoms with Gasteiger partial charge in [0.25, 0.3) is 0 Å². The van der Waals surface area contributed by atoms with Gasteiger partial charge in [0.05, 0.1) is 11.2 Å². The Balaban J connectivity index is 1.23. The van der Waals surface area contributed by atoms with Crippen LogP contribution in [0.1, 0.15) is 5.56 Å². The van der Waals surface area contributed by atoms with Crippen LogP contribution in [-0.2, 0) is 0 Å². The molecule has 2 aliphatic rings. The number of pyridine rings is 1. The lowest BCUT2D eigenvalue weighted by Gasteiger charge is -2.32. The van der Waals surface area contributed by atoms with Crippen LogP contribution in [0.25, 0.3) is 49.5 Å². The van der Waals surface area contributed by atoms with E-state index in [-0.39, 0.29) is 0 Å². The summed E-state index contributed by atoms with van der Waals surface area (Å²) in [5.74, 6) is 0.645. The van der Waals surface area contributed by atoms with Gasteiger partial charge in [-0.05, 0) is 71.3 Å². The summed E-state index contributed by atoms with van der Waals surface area (Å²) in [6.07, 6.45) is 17.6. The van der Waals surface area contributed by atoms with E-state index >= 15 is 0 Å². The second kappa shape index (κ2) is 10.9. The quantitative estimate of drug-likeness (QED) is 0.200. The second-order valence-corrected chi connectivity index (χ2v) is 11.9. The fraction of sp³-hybridized carbons (Fsp3) is 0.0465. The molecule has 0 amide bonds. The van der Waals surface area contributed by atoms with E-state index in [9.17, 15) is 0 Å². The van der Waals surface area contributed by atoms with Crippen molar-refractivity contribution in [2.75, 3.05) is 4.90 Å². The number of hydrogen-bond donors (Lipinski definition) is 0.